The first-order valence-corrected chi connectivity index (χ1v) is 6.16. The van der Waals surface area contributed by atoms with Crippen molar-refractivity contribution >= 4 is 6.09 Å². The van der Waals surface area contributed by atoms with E-state index in [0.717, 1.165) is 0 Å². The van der Waals surface area contributed by atoms with Gasteiger partial charge in [0.1, 0.15) is 11.4 Å². The summed E-state index contributed by atoms with van der Waals surface area (Å²) in [5.74, 6) is 0.0308. The second-order valence-corrected chi connectivity index (χ2v) is 5.24. The van der Waals surface area contributed by atoms with Crippen LogP contribution in [0.15, 0.2) is 18.3 Å². The number of nitrogens with one attached hydrogen (secondary N) is 1. The molecule has 1 aromatic rings. The van der Waals surface area contributed by atoms with Crippen LogP contribution >= 0.6 is 0 Å². The summed E-state index contributed by atoms with van der Waals surface area (Å²) in [4.78, 5) is 15.4. The molecular formula is C13H17F3N2O3. The molecule has 1 amide bonds. The zero-order chi connectivity index (χ0) is 16.1. The first-order valence-electron chi connectivity index (χ1n) is 6.16. The lowest BCUT2D eigenvalue weighted by atomic mass is 10.2. The molecule has 1 heterocycles. The fraction of sp³-hybridized carbons (Fsp3) is 0.538. The van der Waals surface area contributed by atoms with Crippen LogP contribution in [0.5, 0.6) is 5.75 Å². The molecule has 0 fully saturated rings. The number of ether oxygens (including phenoxy) is 2. The molecule has 0 atom stereocenters. The predicted molar refractivity (Wildman–Crippen MR) is 68.9 cm³/mol. The molecule has 0 aliphatic rings. The maximum atomic E-state index is 12.0. The lowest BCUT2D eigenvalue weighted by molar-refractivity contribution is -0.153. The molecule has 0 spiro atoms. The van der Waals surface area contributed by atoms with Gasteiger partial charge in [-0.1, -0.05) is 0 Å². The molecule has 0 aromatic carbocycles. The van der Waals surface area contributed by atoms with Crippen molar-refractivity contribution in [2.75, 3.05) is 6.61 Å². The number of nitrogens with zero attached hydrogens (tertiary/aromatic N) is 1. The molecule has 5 nitrogen and oxygen atoms in total. The summed E-state index contributed by atoms with van der Waals surface area (Å²) in [6, 6.07) is 2.63. The SMILES string of the molecule is CC(C)(C)OC(=O)NCc1cc(OCC(F)(F)F)ccn1. The Morgan fingerprint density at radius 2 is 2.00 bits per heavy atom. The van der Waals surface area contributed by atoms with Crippen LogP contribution in [0.25, 0.3) is 0 Å². The van der Waals surface area contributed by atoms with E-state index in [-0.39, 0.29) is 12.3 Å². The Bertz CT molecular complexity index is 484. The maximum absolute atomic E-state index is 12.0. The number of aromatic nitrogens is 1. The summed E-state index contributed by atoms with van der Waals surface area (Å²) < 4.78 is 45.7. The highest BCUT2D eigenvalue weighted by Gasteiger charge is 2.28. The number of halogens is 3. The van der Waals surface area contributed by atoms with Gasteiger partial charge in [-0.25, -0.2) is 4.79 Å². The fourth-order valence-electron chi connectivity index (χ4n) is 1.28. The fourth-order valence-corrected chi connectivity index (χ4v) is 1.28. The summed E-state index contributed by atoms with van der Waals surface area (Å²) in [5.41, 5.74) is -0.268. The van der Waals surface area contributed by atoms with E-state index in [4.69, 9.17) is 4.74 Å². The molecule has 0 saturated carbocycles. The molecule has 0 saturated heterocycles. The molecule has 0 bridgehead atoms. The molecular weight excluding hydrogens is 289 g/mol. The average Bonchev–Trinajstić information content (AvgIpc) is 2.32. The van der Waals surface area contributed by atoms with Gasteiger partial charge < -0.3 is 14.8 Å². The van der Waals surface area contributed by atoms with Gasteiger partial charge in [-0.15, -0.1) is 0 Å². The molecule has 1 aromatic heterocycles. The summed E-state index contributed by atoms with van der Waals surface area (Å²) in [7, 11) is 0. The van der Waals surface area contributed by atoms with E-state index >= 15 is 0 Å². The topological polar surface area (TPSA) is 60.5 Å². The molecule has 0 aliphatic heterocycles. The van der Waals surface area contributed by atoms with E-state index in [9.17, 15) is 18.0 Å². The summed E-state index contributed by atoms with van der Waals surface area (Å²) in [6.45, 7) is 3.80. The van der Waals surface area contributed by atoms with Gasteiger partial charge in [0.2, 0.25) is 0 Å². The number of carbonyl (C=O) groups excluding carboxylic acids is 1. The third-order valence-electron chi connectivity index (χ3n) is 2.00. The van der Waals surface area contributed by atoms with Gasteiger partial charge in [0, 0.05) is 12.3 Å². The van der Waals surface area contributed by atoms with Crippen LogP contribution in [0.3, 0.4) is 0 Å². The number of pyridine rings is 1. The second-order valence-electron chi connectivity index (χ2n) is 5.24. The quantitative estimate of drug-likeness (QED) is 0.929. The van der Waals surface area contributed by atoms with Gasteiger partial charge in [-0.3, -0.25) is 4.98 Å². The largest absolute Gasteiger partial charge is 0.484 e. The zero-order valence-electron chi connectivity index (χ0n) is 12.0. The minimum atomic E-state index is -4.40. The van der Waals surface area contributed by atoms with E-state index in [1.807, 2.05) is 0 Å². The summed E-state index contributed by atoms with van der Waals surface area (Å²) in [6.07, 6.45) is -3.73. The van der Waals surface area contributed by atoms with Crippen LogP contribution in [-0.4, -0.2) is 29.5 Å². The zero-order valence-corrected chi connectivity index (χ0v) is 12.0. The molecule has 0 unspecified atom stereocenters. The Hall–Kier alpha value is -1.99. The Balaban J connectivity index is 2.51. The van der Waals surface area contributed by atoms with Crippen molar-refractivity contribution in [1.82, 2.24) is 10.3 Å². The van der Waals surface area contributed by atoms with Gasteiger partial charge in [0.15, 0.2) is 6.61 Å². The Morgan fingerprint density at radius 3 is 2.57 bits per heavy atom. The highest BCUT2D eigenvalue weighted by atomic mass is 19.4. The minimum absolute atomic E-state index is 0.0259. The van der Waals surface area contributed by atoms with Gasteiger partial charge >= 0.3 is 12.3 Å². The Kier molecular flexibility index (Phi) is 5.40. The minimum Gasteiger partial charge on any atom is -0.484 e. The number of alkyl carbamates (subject to hydrolysis) is 1. The predicted octanol–water partition coefficient (Wildman–Crippen LogP) is 3.05. The molecule has 0 radical (unpaired) electrons. The number of hydrogen-bond acceptors (Lipinski definition) is 4. The van der Waals surface area contributed by atoms with Crippen molar-refractivity contribution < 1.29 is 27.4 Å². The number of carbonyl (C=O) groups is 1. The number of hydrogen-bond donors (Lipinski definition) is 1. The van der Waals surface area contributed by atoms with Crippen molar-refractivity contribution in [3.8, 4) is 5.75 Å². The average molecular weight is 306 g/mol. The normalized spacial score (nSPS) is 11.9. The third kappa shape index (κ3) is 8.01. The summed E-state index contributed by atoms with van der Waals surface area (Å²) >= 11 is 0. The van der Waals surface area contributed by atoms with Crippen molar-refractivity contribution in [2.24, 2.45) is 0 Å². The molecule has 1 N–H and O–H groups in total. The maximum Gasteiger partial charge on any atom is 0.422 e. The lowest BCUT2D eigenvalue weighted by Crippen LogP contribution is -2.32. The second kappa shape index (κ2) is 6.64. The first-order chi connectivity index (χ1) is 9.55. The van der Waals surface area contributed by atoms with Crippen molar-refractivity contribution in [2.45, 2.75) is 39.1 Å². The van der Waals surface area contributed by atoms with Crippen LogP contribution in [0.1, 0.15) is 26.5 Å². The summed E-state index contributed by atoms with van der Waals surface area (Å²) in [5, 5.41) is 2.45. The van der Waals surface area contributed by atoms with Gasteiger partial charge in [-0.2, -0.15) is 13.2 Å². The molecule has 0 aliphatic carbocycles. The van der Waals surface area contributed by atoms with Gasteiger partial charge in [-0.05, 0) is 26.8 Å². The molecule has 118 valence electrons. The van der Waals surface area contributed by atoms with E-state index in [2.05, 4.69) is 15.0 Å². The van der Waals surface area contributed by atoms with E-state index < -0.39 is 24.5 Å². The van der Waals surface area contributed by atoms with Crippen LogP contribution in [0, 0.1) is 0 Å². The number of alkyl halides is 3. The Morgan fingerprint density at radius 1 is 1.33 bits per heavy atom. The van der Waals surface area contributed by atoms with E-state index in [1.165, 1.54) is 18.3 Å². The monoisotopic (exact) mass is 306 g/mol. The number of amides is 1. The standard InChI is InChI=1S/C13H17F3N2O3/c1-12(2,3)21-11(19)18-7-9-6-10(4-5-17-9)20-8-13(14,15)16/h4-6H,7-8H2,1-3H3,(H,18,19). The van der Waals surface area contributed by atoms with Crippen LogP contribution in [0.2, 0.25) is 0 Å². The lowest BCUT2D eigenvalue weighted by Gasteiger charge is -2.19. The van der Waals surface area contributed by atoms with Crippen LogP contribution in [-0.2, 0) is 11.3 Å². The molecule has 21 heavy (non-hydrogen) atoms. The van der Waals surface area contributed by atoms with Gasteiger partial charge in [0.05, 0.1) is 12.2 Å². The van der Waals surface area contributed by atoms with E-state index in [0.29, 0.717) is 5.69 Å². The van der Waals surface area contributed by atoms with E-state index in [1.54, 1.807) is 20.8 Å². The van der Waals surface area contributed by atoms with Crippen molar-refractivity contribution in [1.29, 1.82) is 0 Å². The van der Waals surface area contributed by atoms with Crippen molar-refractivity contribution in [3.05, 3.63) is 24.0 Å². The first kappa shape index (κ1) is 17.1. The van der Waals surface area contributed by atoms with Gasteiger partial charge in [0.25, 0.3) is 0 Å². The number of rotatable bonds is 4. The molecule has 8 heteroatoms. The van der Waals surface area contributed by atoms with Crippen molar-refractivity contribution in [3.63, 3.8) is 0 Å². The van der Waals surface area contributed by atoms with Crippen LogP contribution < -0.4 is 10.1 Å². The smallest absolute Gasteiger partial charge is 0.422 e. The molecule has 1 rings (SSSR count). The Labute approximate surface area is 120 Å². The highest BCUT2D eigenvalue weighted by molar-refractivity contribution is 5.67. The highest BCUT2D eigenvalue weighted by Crippen LogP contribution is 2.18. The van der Waals surface area contributed by atoms with Crippen LogP contribution in [0.4, 0.5) is 18.0 Å². The third-order valence-corrected chi connectivity index (χ3v) is 2.00.